The van der Waals surface area contributed by atoms with E-state index >= 15 is 0 Å². The molecule has 3 aromatic heterocycles. The van der Waals surface area contributed by atoms with Gasteiger partial charge in [0, 0.05) is 39.2 Å². The van der Waals surface area contributed by atoms with Crippen molar-refractivity contribution in [2.75, 3.05) is 19.0 Å². The van der Waals surface area contributed by atoms with Gasteiger partial charge in [-0.25, -0.2) is 4.68 Å². The molecule has 0 aliphatic rings. The van der Waals surface area contributed by atoms with Crippen LogP contribution in [0.2, 0.25) is 4.34 Å². The van der Waals surface area contributed by atoms with Crippen LogP contribution < -0.4 is 10.5 Å². The minimum atomic E-state index is -0.0975. The van der Waals surface area contributed by atoms with Gasteiger partial charge in [0.05, 0.1) is 38.2 Å². The first-order valence-electron chi connectivity index (χ1n) is 9.62. The number of hydrogen-bond donors (Lipinski definition) is 0. The van der Waals surface area contributed by atoms with Crippen LogP contribution in [0.5, 0.6) is 0 Å². The predicted molar refractivity (Wildman–Crippen MR) is 123 cm³/mol. The number of pyridine rings is 1. The monoisotopic (exact) mass is 453 g/mol. The van der Waals surface area contributed by atoms with Gasteiger partial charge in [0.1, 0.15) is 0 Å². The second-order valence-electron chi connectivity index (χ2n) is 7.16. The Hall–Kier alpha value is -3.23. The van der Waals surface area contributed by atoms with Crippen LogP contribution in [0.3, 0.4) is 0 Å². The summed E-state index contributed by atoms with van der Waals surface area (Å²) in [6, 6.07) is 14.2. The lowest BCUT2D eigenvalue weighted by atomic mass is 10.1. The van der Waals surface area contributed by atoms with Crippen LogP contribution in [0, 0.1) is 0 Å². The van der Waals surface area contributed by atoms with Gasteiger partial charge >= 0.3 is 0 Å². The molecule has 31 heavy (non-hydrogen) atoms. The SMILES string of the molecule is CN(C)c1cc(-n2ccccc2=O)ccc1-n1cc(CCC(=O)c2ccc(Cl)s2)nn1. The van der Waals surface area contributed by atoms with E-state index in [9.17, 15) is 9.59 Å². The van der Waals surface area contributed by atoms with Crippen molar-refractivity contribution in [3.63, 3.8) is 0 Å². The zero-order valence-corrected chi connectivity index (χ0v) is 18.6. The lowest BCUT2D eigenvalue weighted by molar-refractivity contribution is 0.0986. The number of thiophene rings is 1. The number of Topliss-reactive ketones (excluding diaryl/α,β-unsaturated/α-hetero) is 1. The maximum atomic E-state index is 12.3. The molecule has 1 aromatic carbocycles. The lowest BCUT2D eigenvalue weighted by Gasteiger charge is -2.19. The van der Waals surface area contributed by atoms with E-state index in [0.717, 1.165) is 22.8 Å². The highest BCUT2D eigenvalue weighted by molar-refractivity contribution is 7.18. The number of carbonyl (C=O) groups excluding carboxylic acids is 1. The number of aryl methyl sites for hydroxylation is 1. The molecule has 3 heterocycles. The summed E-state index contributed by atoms with van der Waals surface area (Å²) in [7, 11) is 3.86. The highest BCUT2D eigenvalue weighted by Crippen LogP contribution is 2.26. The van der Waals surface area contributed by atoms with Crippen molar-refractivity contribution in [1.82, 2.24) is 19.6 Å². The van der Waals surface area contributed by atoms with Crippen molar-refractivity contribution in [3.8, 4) is 11.4 Å². The summed E-state index contributed by atoms with van der Waals surface area (Å²) in [6.45, 7) is 0. The van der Waals surface area contributed by atoms with E-state index in [1.807, 2.05) is 49.5 Å². The van der Waals surface area contributed by atoms with Crippen molar-refractivity contribution in [2.24, 2.45) is 0 Å². The number of ketones is 1. The minimum absolute atomic E-state index is 0.0399. The van der Waals surface area contributed by atoms with Crippen LogP contribution in [-0.2, 0) is 6.42 Å². The summed E-state index contributed by atoms with van der Waals surface area (Å²) >= 11 is 7.19. The first kappa shape index (κ1) is 21.0. The fourth-order valence-electron chi connectivity index (χ4n) is 3.21. The van der Waals surface area contributed by atoms with Crippen molar-refractivity contribution >= 4 is 34.4 Å². The summed E-state index contributed by atoms with van der Waals surface area (Å²) in [5, 5.41) is 8.47. The Labute approximate surface area is 188 Å². The van der Waals surface area contributed by atoms with Gasteiger partial charge in [-0.15, -0.1) is 16.4 Å². The molecular weight excluding hydrogens is 434 g/mol. The van der Waals surface area contributed by atoms with Gasteiger partial charge in [0.2, 0.25) is 0 Å². The van der Waals surface area contributed by atoms with Gasteiger partial charge in [0.25, 0.3) is 5.56 Å². The normalized spacial score (nSPS) is 10.9. The lowest BCUT2D eigenvalue weighted by Crippen LogP contribution is -2.18. The second kappa shape index (κ2) is 8.87. The van der Waals surface area contributed by atoms with Crippen molar-refractivity contribution in [2.45, 2.75) is 12.8 Å². The number of carbonyl (C=O) groups is 1. The van der Waals surface area contributed by atoms with Gasteiger partial charge < -0.3 is 4.90 Å². The molecule has 0 saturated carbocycles. The number of anilines is 1. The summed E-state index contributed by atoms with van der Waals surface area (Å²) in [5.41, 5.74) is 3.10. The first-order chi connectivity index (χ1) is 14.9. The third kappa shape index (κ3) is 4.60. The number of nitrogens with zero attached hydrogens (tertiary/aromatic N) is 5. The minimum Gasteiger partial charge on any atom is -0.376 e. The van der Waals surface area contributed by atoms with Crippen molar-refractivity contribution in [1.29, 1.82) is 0 Å². The quantitative estimate of drug-likeness (QED) is 0.395. The molecule has 0 aliphatic heterocycles. The maximum absolute atomic E-state index is 12.3. The predicted octanol–water partition coefficient (Wildman–Crippen LogP) is 4.01. The molecule has 0 aliphatic carbocycles. The molecule has 0 amide bonds. The molecule has 0 atom stereocenters. The standard InChI is InChI=1S/C22H20ClN5O2S/c1-26(2)18-13-16(27-12-4-3-5-22(27)30)7-8-17(18)28-14-15(24-25-28)6-9-19(29)20-10-11-21(23)31-20/h3-5,7-8,10-14H,6,9H2,1-2H3. The third-order valence-corrected chi connectivity index (χ3v) is 6.06. The van der Waals surface area contributed by atoms with Crippen LogP contribution >= 0.6 is 22.9 Å². The summed E-state index contributed by atoms with van der Waals surface area (Å²) in [6.07, 6.45) is 4.39. The largest absolute Gasteiger partial charge is 0.376 e. The van der Waals surface area contributed by atoms with Gasteiger partial charge in [0.15, 0.2) is 5.78 Å². The van der Waals surface area contributed by atoms with Crippen LogP contribution in [0.25, 0.3) is 11.4 Å². The molecule has 0 saturated heterocycles. The molecule has 0 fully saturated rings. The number of aromatic nitrogens is 4. The zero-order valence-electron chi connectivity index (χ0n) is 17.0. The summed E-state index contributed by atoms with van der Waals surface area (Å²) in [4.78, 5) is 27.1. The van der Waals surface area contributed by atoms with Crippen LogP contribution in [0.1, 0.15) is 21.8 Å². The van der Waals surface area contributed by atoms with E-state index in [0.29, 0.717) is 22.1 Å². The topological polar surface area (TPSA) is 73.0 Å². The zero-order chi connectivity index (χ0) is 22.0. The Kier molecular flexibility index (Phi) is 6.01. The van der Waals surface area contributed by atoms with Crippen molar-refractivity contribution < 1.29 is 4.79 Å². The molecule has 0 unspecified atom stereocenters. The molecule has 0 spiro atoms. The number of benzene rings is 1. The molecule has 9 heteroatoms. The highest BCUT2D eigenvalue weighted by atomic mass is 35.5. The van der Waals surface area contributed by atoms with E-state index in [2.05, 4.69) is 10.3 Å². The van der Waals surface area contributed by atoms with Crippen LogP contribution in [-0.4, -0.2) is 39.4 Å². The van der Waals surface area contributed by atoms with E-state index in [4.69, 9.17) is 11.6 Å². The fraction of sp³-hybridized carbons (Fsp3) is 0.182. The smallest absolute Gasteiger partial charge is 0.255 e. The average Bonchev–Trinajstić information content (AvgIpc) is 3.41. The number of halogens is 1. The van der Waals surface area contributed by atoms with E-state index < -0.39 is 0 Å². The first-order valence-corrected chi connectivity index (χ1v) is 10.8. The van der Waals surface area contributed by atoms with Crippen LogP contribution in [0.4, 0.5) is 5.69 Å². The number of hydrogen-bond acceptors (Lipinski definition) is 6. The Balaban J connectivity index is 1.57. The summed E-state index contributed by atoms with van der Waals surface area (Å²) in [5.74, 6) is 0.0399. The van der Waals surface area contributed by atoms with E-state index in [1.54, 1.807) is 33.6 Å². The van der Waals surface area contributed by atoms with E-state index in [-0.39, 0.29) is 11.3 Å². The Bertz CT molecular complexity index is 1290. The maximum Gasteiger partial charge on any atom is 0.255 e. The van der Waals surface area contributed by atoms with Gasteiger partial charge in [-0.05, 0) is 36.4 Å². The Morgan fingerprint density at radius 3 is 2.71 bits per heavy atom. The van der Waals surface area contributed by atoms with Gasteiger partial charge in [-0.2, -0.15) is 0 Å². The van der Waals surface area contributed by atoms with Gasteiger partial charge in [-0.3, -0.25) is 14.2 Å². The molecule has 0 radical (unpaired) electrons. The molecule has 4 aromatic rings. The molecule has 7 nitrogen and oxygen atoms in total. The molecular formula is C22H20ClN5O2S. The Morgan fingerprint density at radius 1 is 1.16 bits per heavy atom. The molecule has 4 rings (SSSR count). The fourth-order valence-corrected chi connectivity index (χ4v) is 4.22. The average molecular weight is 454 g/mol. The molecule has 0 N–H and O–H groups in total. The van der Waals surface area contributed by atoms with E-state index in [1.165, 1.54) is 17.4 Å². The Morgan fingerprint density at radius 2 is 2.00 bits per heavy atom. The molecule has 0 bridgehead atoms. The summed E-state index contributed by atoms with van der Waals surface area (Å²) < 4.78 is 3.88. The number of rotatable bonds is 7. The van der Waals surface area contributed by atoms with Crippen molar-refractivity contribution in [3.05, 3.63) is 86.2 Å². The third-order valence-electron chi connectivity index (χ3n) is 4.79. The van der Waals surface area contributed by atoms with Gasteiger partial charge in [-0.1, -0.05) is 22.9 Å². The van der Waals surface area contributed by atoms with Crippen LogP contribution in [0.15, 0.2) is 65.7 Å². The second-order valence-corrected chi connectivity index (χ2v) is 8.87. The molecule has 158 valence electrons. The highest BCUT2D eigenvalue weighted by Gasteiger charge is 2.14.